The summed E-state index contributed by atoms with van der Waals surface area (Å²) in [6, 6.07) is 7.16. The zero-order chi connectivity index (χ0) is 13.7. The number of carbonyl (C=O) groups is 1. The van der Waals surface area contributed by atoms with Gasteiger partial charge in [0.15, 0.2) is 0 Å². The molecule has 0 amide bonds. The van der Waals surface area contributed by atoms with E-state index >= 15 is 0 Å². The van der Waals surface area contributed by atoms with Crippen LogP contribution in [-0.2, 0) is 4.79 Å². The van der Waals surface area contributed by atoms with Crippen LogP contribution in [0.15, 0.2) is 28.7 Å². The van der Waals surface area contributed by atoms with Gasteiger partial charge in [0.2, 0.25) is 0 Å². The van der Waals surface area contributed by atoms with Crippen molar-refractivity contribution in [1.82, 2.24) is 0 Å². The van der Waals surface area contributed by atoms with Crippen LogP contribution in [0.25, 0.3) is 0 Å². The van der Waals surface area contributed by atoms with Crippen LogP contribution in [0, 0.1) is 5.92 Å². The summed E-state index contributed by atoms with van der Waals surface area (Å²) in [5, 5.41) is 12.5. The van der Waals surface area contributed by atoms with E-state index in [-0.39, 0.29) is 0 Å². The molecule has 4 heteroatoms. The predicted molar refractivity (Wildman–Crippen MR) is 80.4 cm³/mol. The number of hydrogen-bond donors (Lipinski definition) is 2. The molecule has 0 heterocycles. The molecular weight excluding hydrogens is 306 g/mol. The largest absolute Gasteiger partial charge is 0.480 e. The Morgan fingerprint density at radius 2 is 1.89 bits per heavy atom. The lowest BCUT2D eigenvalue weighted by atomic mass is 9.85. The summed E-state index contributed by atoms with van der Waals surface area (Å²) in [6.45, 7) is 0. The molecule has 1 saturated carbocycles. The van der Waals surface area contributed by atoms with Crippen LogP contribution in [0.5, 0.6) is 0 Å². The smallest absolute Gasteiger partial charge is 0.326 e. The second-order valence-electron chi connectivity index (χ2n) is 5.28. The van der Waals surface area contributed by atoms with Crippen LogP contribution in [-0.4, -0.2) is 17.1 Å². The van der Waals surface area contributed by atoms with Crippen molar-refractivity contribution in [2.45, 2.75) is 44.6 Å². The van der Waals surface area contributed by atoms with E-state index in [4.69, 9.17) is 0 Å². The van der Waals surface area contributed by atoms with Crippen molar-refractivity contribution in [2.75, 3.05) is 5.32 Å². The number of carboxylic acids is 1. The van der Waals surface area contributed by atoms with Crippen molar-refractivity contribution < 1.29 is 9.90 Å². The standard InChI is InChI=1S/C15H20BrNO2/c16-12-6-8-13(9-7-12)17-14(15(18)19)10-11-4-2-1-3-5-11/h6-9,11,14,17H,1-5,10H2,(H,18,19). The van der Waals surface area contributed by atoms with Crippen molar-refractivity contribution in [3.05, 3.63) is 28.7 Å². The molecular formula is C15H20BrNO2. The number of benzene rings is 1. The number of hydrogen-bond acceptors (Lipinski definition) is 2. The second-order valence-corrected chi connectivity index (χ2v) is 6.20. The van der Waals surface area contributed by atoms with Crippen molar-refractivity contribution in [3.63, 3.8) is 0 Å². The summed E-state index contributed by atoms with van der Waals surface area (Å²) in [6.07, 6.45) is 6.86. The Labute approximate surface area is 122 Å². The van der Waals surface area contributed by atoms with Crippen molar-refractivity contribution in [1.29, 1.82) is 0 Å². The van der Waals surface area contributed by atoms with Gasteiger partial charge in [-0.3, -0.25) is 0 Å². The molecule has 1 aromatic rings. The molecule has 1 aliphatic carbocycles. The molecule has 0 spiro atoms. The summed E-state index contributed by atoms with van der Waals surface area (Å²) in [7, 11) is 0. The van der Waals surface area contributed by atoms with Gasteiger partial charge < -0.3 is 10.4 Å². The molecule has 2 N–H and O–H groups in total. The summed E-state index contributed by atoms with van der Waals surface area (Å²) in [4.78, 5) is 11.4. The maximum Gasteiger partial charge on any atom is 0.326 e. The maximum atomic E-state index is 11.4. The zero-order valence-corrected chi connectivity index (χ0v) is 12.5. The molecule has 3 nitrogen and oxygen atoms in total. The Hall–Kier alpha value is -1.03. The van der Waals surface area contributed by atoms with E-state index in [1.807, 2.05) is 24.3 Å². The molecule has 0 saturated heterocycles. The normalized spacial score (nSPS) is 17.9. The number of anilines is 1. The molecule has 0 radical (unpaired) electrons. The third kappa shape index (κ3) is 4.53. The van der Waals surface area contributed by atoms with Gasteiger partial charge in [0.1, 0.15) is 6.04 Å². The quantitative estimate of drug-likeness (QED) is 0.849. The second kappa shape index (κ2) is 6.94. The minimum absolute atomic E-state index is 0.482. The summed E-state index contributed by atoms with van der Waals surface area (Å²) >= 11 is 3.38. The van der Waals surface area contributed by atoms with E-state index < -0.39 is 12.0 Å². The van der Waals surface area contributed by atoms with Crippen LogP contribution in [0.3, 0.4) is 0 Å². The fraction of sp³-hybridized carbons (Fsp3) is 0.533. The first-order chi connectivity index (χ1) is 9.15. The van der Waals surface area contributed by atoms with E-state index in [1.54, 1.807) is 0 Å². The monoisotopic (exact) mass is 325 g/mol. The van der Waals surface area contributed by atoms with E-state index in [0.717, 1.165) is 16.6 Å². The van der Waals surface area contributed by atoms with Crippen LogP contribution in [0.1, 0.15) is 38.5 Å². The Balaban J connectivity index is 1.95. The number of rotatable bonds is 5. The molecule has 0 bridgehead atoms. The summed E-state index contributed by atoms with van der Waals surface area (Å²) in [5.74, 6) is -0.203. The van der Waals surface area contributed by atoms with E-state index in [2.05, 4.69) is 21.2 Å². The van der Waals surface area contributed by atoms with Crippen LogP contribution in [0.2, 0.25) is 0 Å². The van der Waals surface area contributed by atoms with Gasteiger partial charge in [-0.05, 0) is 36.6 Å². The Morgan fingerprint density at radius 1 is 1.26 bits per heavy atom. The van der Waals surface area contributed by atoms with Crippen LogP contribution >= 0.6 is 15.9 Å². The highest BCUT2D eigenvalue weighted by atomic mass is 79.9. The van der Waals surface area contributed by atoms with E-state index in [9.17, 15) is 9.90 Å². The van der Waals surface area contributed by atoms with Crippen LogP contribution in [0.4, 0.5) is 5.69 Å². The average molecular weight is 326 g/mol. The Bertz CT molecular complexity index is 413. The lowest BCUT2D eigenvalue weighted by Gasteiger charge is -2.25. The highest BCUT2D eigenvalue weighted by molar-refractivity contribution is 9.10. The summed E-state index contributed by atoms with van der Waals surface area (Å²) in [5.41, 5.74) is 0.867. The first-order valence-corrected chi connectivity index (χ1v) is 7.69. The van der Waals surface area contributed by atoms with Gasteiger partial charge in [-0.1, -0.05) is 48.0 Å². The SMILES string of the molecule is O=C(O)C(CC1CCCCC1)Nc1ccc(Br)cc1. The molecule has 2 rings (SSSR count). The Morgan fingerprint density at radius 3 is 2.47 bits per heavy atom. The maximum absolute atomic E-state index is 11.4. The topological polar surface area (TPSA) is 49.3 Å². The van der Waals surface area contributed by atoms with Gasteiger partial charge >= 0.3 is 5.97 Å². The fourth-order valence-electron chi connectivity index (χ4n) is 2.72. The molecule has 0 aliphatic heterocycles. The fourth-order valence-corrected chi connectivity index (χ4v) is 2.99. The molecule has 1 aliphatic rings. The highest BCUT2D eigenvalue weighted by Gasteiger charge is 2.23. The number of nitrogens with one attached hydrogen (secondary N) is 1. The first-order valence-electron chi connectivity index (χ1n) is 6.90. The number of carboxylic acid groups (broad SMARTS) is 1. The lowest BCUT2D eigenvalue weighted by Crippen LogP contribution is -2.32. The minimum atomic E-state index is -0.756. The van der Waals surface area contributed by atoms with Gasteiger partial charge in [-0.15, -0.1) is 0 Å². The van der Waals surface area contributed by atoms with Gasteiger partial charge in [0, 0.05) is 10.2 Å². The molecule has 1 unspecified atom stereocenters. The lowest BCUT2D eigenvalue weighted by molar-refractivity contribution is -0.138. The number of halogens is 1. The zero-order valence-electron chi connectivity index (χ0n) is 10.9. The van der Waals surface area contributed by atoms with E-state index in [0.29, 0.717) is 5.92 Å². The van der Waals surface area contributed by atoms with Gasteiger partial charge in [-0.25, -0.2) is 4.79 Å². The first kappa shape index (κ1) is 14.4. The van der Waals surface area contributed by atoms with Gasteiger partial charge in [0.05, 0.1) is 0 Å². The minimum Gasteiger partial charge on any atom is -0.480 e. The van der Waals surface area contributed by atoms with Crippen molar-refractivity contribution >= 4 is 27.6 Å². The van der Waals surface area contributed by atoms with Crippen molar-refractivity contribution in [3.8, 4) is 0 Å². The van der Waals surface area contributed by atoms with Gasteiger partial charge in [0.25, 0.3) is 0 Å². The summed E-state index contributed by atoms with van der Waals surface area (Å²) < 4.78 is 0.997. The van der Waals surface area contributed by atoms with E-state index in [1.165, 1.54) is 32.1 Å². The van der Waals surface area contributed by atoms with Gasteiger partial charge in [-0.2, -0.15) is 0 Å². The van der Waals surface area contributed by atoms with Crippen molar-refractivity contribution in [2.24, 2.45) is 5.92 Å². The third-order valence-corrected chi connectivity index (χ3v) is 4.31. The average Bonchev–Trinajstić information content (AvgIpc) is 2.41. The molecule has 19 heavy (non-hydrogen) atoms. The third-order valence-electron chi connectivity index (χ3n) is 3.78. The predicted octanol–water partition coefficient (Wildman–Crippen LogP) is 4.28. The highest BCUT2D eigenvalue weighted by Crippen LogP contribution is 2.28. The molecule has 1 atom stereocenters. The Kier molecular flexibility index (Phi) is 5.25. The number of aliphatic carboxylic acids is 1. The molecule has 0 aromatic heterocycles. The molecule has 1 aromatic carbocycles. The van der Waals surface area contributed by atoms with Crippen LogP contribution < -0.4 is 5.32 Å². The molecule has 104 valence electrons. The molecule has 1 fully saturated rings.